The number of hydrogen-bond donors (Lipinski definition) is 5. The van der Waals surface area contributed by atoms with Crippen LogP contribution in [-0.4, -0.2) is 90.3 Å². The van der Waals surface area contributed by atoms with Crippen LogP contribution < -0.4 is 16.4 Å². The topological polar surface area (TPSA) is 204 Å². The highest BCUT2D eigenvalue weighted by atomic mass is 16.6. The Morgan fingerprint density at radius 1 is 1.00 bits per heavy atom. The Bertz CT molecular complexity index is 2160. The lowest BCUT2D eigenvalue weighted by Crippen LogP contribution is -2.54. The van der Waals surface area contributed by atoms with Gasteiger partial charge in [-0.15, -0.1) is 5.92 Å². The molecular formula is C52H71N3O10. The standard InChI is InChI=1S/C52H71N3O10/c1-30-25-37-44(54-24-11-9-10-20-52(62)23-19-39-36-16-15-34-28-35(56)17-21-50(34,5)38(36)18-22-51(39,52)6)41(57)29-40(46(37)59)55-48(60)31(2)13-12-14-42(63-7)47(65-49(53)61)33(4)27-32(3)45(58)43(26-30)64-8/h12-14,27-30,32,36,38-39,42-43,45,47,54,58,62H,9,11,15-19,21-26H2,1-8H3,(H2,53,61)(H,55,60)/b14-12-,31-13+,33-27+/t30-,32+,36-,38+,39+,42?,43+,45-,47+,50+,51+,52+/m1/s1. The summed E-state index contributed by atoms with van der Waals surface area (Å²) in [5.41, 5.74) is 6.47. The van der Waals surface area contributed by atoms with Gasteiger partial charge < -0.3 is 40.8 Å². The van der Waals surface area contributed by atoms with Crippen LogP contribution in [0.3, 0.4) is 0 Å². The van der Waals surface area contributed by atoms with E-state index in [9.17, 15) is 34.2 Å². The first-order valence-electron chi connectivity index (χ1n) is 23.5. The number of unbranched alkanes of at least 4 members (excludes halogenated alkanes) is 1. The number of amides is 2. The molecule has 2 bridgehead atoms. The summed E-state index contributed by atoms with van der Waals surface area (Å²) in [5, 5.41) is 29.6. The molecule has 354 valence electrons. The summed E-state index contributed by atoms with van der Waals surface area (Å²) >= 11 is 0. The van der Waals surface area contributed by atoms with Gasteiger partial charge in [-0.25, -0.2) is 4.79 Å². The molecule has 6 N–H and O–H groups in total. The molecule has 0 radical (unpaired) electrons. The van der Waals surface area contributed by atoms with E-state index in [1.165, 1.54) is 25.9 Å². The fourth-order valence-corrected chi connectivity index (χ4v) is 12.2. The molecular weight excluding hydrogens is 827 g/mol. The van der Waals surface area contributed by atoms with Gasteiger partial charge >= 0.3 is 6.09 Å². The van der Waals surface area contributed by atoms with Gasteiger partial charge in [0, 0.05) is 62.2 Å². The van der Waals surface area contributed by atoms with Crippen molar-refractivity contribution in [3.05, 3.63) is 70.1 Å². The van der Waals surface area contributed by atoms with Gasteiger partial charge in [-0.05, 0) is 119 Å². The molecule has 3 saturated carbocycles. The van der Waals surface area contributed by atoms with Crippen molar-refractivity contribution in [1.82, 2.24) is 10.6 Å². The lowest BCUT2D eigenvalue weighted by Gasteiger charge is -2.58. The average Bonchev–Trinajstić information content (AvgIpc) is 3.53. The SMILES string of the molecule is COC1/C=C\C=C(/C)C(=O)NC2=CC(=O)C(NCCCC#C[C@]3(O)CC[C@H]4[C@@H]5CCC6=CC(=O)CC[C@]6(C)[C@H]5CC[C@@]43C)=C(C[C@@H](C)C[C@H](OC)[C@H](O)[C@@H](C)/C=C(\C)[C@@H]1OC(N)=O)C2=O. The number of carbonyl (C=O) groups is 5. The summed E-state index contributed by atoms with van der Waals surface area (Å²) in [6.07, 6.45) is 13.7. The van der Waals surface area contributed by atoms with E-state index in [1.54, 1.807) is 32.1 Å². The molecule has 3 fully saturated rings. The summed E-state index contributed by atoms with van der Waals surface area (Å²) < 4.78 is 16.8. The Morgan fingerprint density at radius 3 is 2.45 bits per heavy atom. The van der Waals surface area contributed by atoms with Gasteiger partial charge in [-0.3, -0.25) is 19.2 Å². The van der Waals surface area contributed by atoms with Crippen LogP contribution in [0.5, 0.6) is 0 Å². The Hall–Kier alpha value is -4.61. The molecule has 6 rings (SSSR count). The van der Waals surface area contributed by atoms with E-state index in [2.05, 4.69) is 36.3 Å². The lowest BCUT2D eigenvalue weighted by molar-refractivity contribution is -0.120. The monoisotopic (exact) mass is 898 g/mol. The van der Waals surface area contributed by atoms with Crippen LogP contribution in [0.1, 0.15) is 119 Å². The molecule has 1 heterocycles. The Labute approximate surface area is 384 Å². The lowest BCUT2D eigenvalue weighted by atomic mass is 9.46. The highest BCUT2D eigenvalue weighted by Crippen LogP contribution is 2.67. The van der Waals surface area contributed by atoms with Gasteiger partial charge in [0.15, 0.2) is 11.9 Å². The van der Waals surface area contributed by atoms with Crippen molar-refractivity contribution in [1.29, 1.82) is 0 Å². The minimum Gasteiger partial charge on any atom is -0.439 e. The smallest absolute Gasteiger partial charge is 0.405 e. The van der Waals surface area contributed by atoms with Crippen LogP contribution in [-0.2, 0) is 33.4 Å². The van der Waals surface area contributed by atoms with Crippen LogP contribution in [0, 0.1) is 52.3 Å². The molecule has 65 heavy (non-hydrogen) atoms. The maximum absolute atomic E-state index is 14.2. The van der Waals surface area contributed by atoms with Gasteiger partial charge in [0.25, 0.3) is 5.91 Å². The molecule has 12 atom stereocenters. The van der Waals surface area contributed by atoms with Crippen LogP contribution in [0.2, 0.25) is 0 Å². The zero-order valence-electron chi connectivity index (χ0n) is 39.6. The van der Waals surface area contributed by atoms with Gasteiger partial charge in [0.05, 0.1) is 23.6 Å². The fraction of sp³-hybridized carbons (Fsp3) is 0.635. The van der Waals surface area contributed by atoms with E-state index in [1.807, 2.05) is 19.9 Å². The van der Waals surface area contributed by atoms with Crippen molar-refractivity contribution < 1.29 is 48.4 Å². The van der Waals surface area contributed by atoms with E-state index in [4.69, 9.17) is 19.9 Å². The van der Waals surface area contributed by atoms with Crippen molar-refractivity contribution in [2.75, 3.05) is 20.8 Å². The molecule has 1 unspecified atom stereocenters. The van der Waals surface area contributed by atoms with Crippen LogP contribution in [0.25, 0.3) is 0 Å². The predicted octanol–water partition coefficient (Wildman–Crippen LogP) is 6.40. The Balaban J connectivity index is 1.17. The molecule has 13 heteroatoms. The fourth-order valence-electron chi connectivity index (χ4n) is 12.2. The number of rotatable bonds is 7. The number of aliphatic hydroxyl groups excluding tert-OH is 1. The number of hydrogen-bond acceptors (Lipinski definition) is 11. The number of fused-ring (bicyclic) bond motifs is 7. The number of nitrogens with two attached hydrogens (primary N) is 1. The summed E-state index contributed by atoms with van der Waals surface area (Å²) in [7, 11) is 2.94. The number of allylic oxidation sites excluding steroid dienone is 5. The zero-order chi connectivity index (χ0) is 47.4. The molecule has 5 aliphatic carbocycles. The van der Waals surface area contributed by atoms with Crippen LogP contribution in [0.15, 0.2) is 70.1 Å². The van der Waals surface area contributed by atoms with Crippen molar-refractivity contribution in [3.63, 3.8) is 0 Å². The summed E-state index contributed by atoms with van der Waals surface area (Å²) in [5.74, 6) is 6.03. The van der Waals surface area contributed by atoms with E-state index < -0.39 is 59.5 Å². The third-order valence-corrected chi connectivity index (χ3v) is 16.0. The minimum absolute atomic E-state index is 0.0654. The van der Waals surface area contributed by atoms with Crippen molar-refractivity contribution in [2.24, 2.45) is 46.2 Å². The van der Waals surface area contributed by atoms with E-state index >= 15 is 0 Å². The third-order valence-electron chi connectivity index (χ3n) is 16.0. The number of nitrogens with one attached hydrogen (secondary N) is 2. The van der Waals surface area contributed by atoms with Crippen LogP contribution >= 0.6 is 0 Å². The van der Waals surface area contributed by atoms with Crippen LogP contribution in [0.4, 0.5) is 4.79 Å². The average molecular weight is 898 g/mol. The van der Waals surface area contributed by atoms with E-state index in [0.717, 1.165) is 44.6 Å². The number of aliphatic hydroxyl groups is 2. The number of primary amides is 1. The second-order valence-corrected chi connectivity index (χ2v) is 20.1. The van der Waals surface area contributed by atoms with Gasteiger partial charge in [-0.2, -0.15) is 0 Å². The number of methoxy groups -OCH3 is 2. The van der Waals surface area contributed by atoms with Gasteiger partial charge in [-0.1, -0.05) is 63.5 Å². The van der Waals surface area contributed by atoms with Crippen molar-refractivity contribution >= 4 is 29.4 Å². The first-order chi connectivity index (χ1) is 30.8. The molecule has 0 aromatic carbocycles. The normalized spacial score (nSPS) is 39.1. The molecule has 0 aromatic rings. The van der Waals surface area contributed by atoms with Gasteiger partial charge in [0.2, 0.25) is 11.6 Å². The summed E-state index contributed by atoms with van der Waals surface area (Å²) in [6.45, 7) is 12.0. The molecule has 0 spiro atoms. The molecule has 13 nitrogen and oxygen atoms in total. The first-order valence-corrected chi connectivity index (χ1v) is 23.5. The first kappa shape index (κ1) is 49.8. The maximum atomic E-state index is 14.2. The highest BCUT2D eigenvalue weighted by Gasteiger charge is 2.63. The number of ether oxygens (including phenoxy) is 3. The summed E-state index contributed by atoms with van der Waals surface area (Å²) in [4.78, 5) is 65.6. The maximum Gasteiger partial charge on any atom is 0.405 e. The number of ketones is 3. The quantitative estimate of drug-likeness (QED) is 0.0819. The zero-order valence-corrected chi connectivity index (χ0v) is 39.6. The molecule has 0 saturated heterocycles. The second kappa shape index (κ2) is 20.5. The molecule has 2 amide bonds. The summed E-state index contributed by atoms with van der Waals surface area (Å²) in [6, 6.07) is 0. The minimum atomic E-state index is -1.09. The largest absolute Gasteiger partial charge is 0.439 e. The van der Waals surface area contributed by atoms with Gasteiger partial charge in [0.1, 0.15) is 11.7 Å². The second-order valence-electron chi connectivity index (χ2n) is 20.1. The van der Waals surface area contributed by atoms with Crippen molar-refractivity contribution in [2.45, 2.75) is 149 Å². The van der Waals surface area contributed by atoms with E-state index in [0.29, 0.717) is 62.0 Å². The number of Topliss-reactive ketones (excluding diaryl/α,β-unsaturated/α-hetero) is 1. The molecule has 0 aromatic heterocycles. The Morgan fingerprint density at radius 2 is 1.74 bits per heavy atom. The van der Waals surface area contributed by atoms with Crippen molar-refractivity contribution in [3.8, 4) is 11.8 Å². The Kier molecular flexibility index (Phi) is 15.7. The molecule has 1 aliphatic heterocycles. The number of carbonyl (C=O) groups excluding carboxylic acids is 5. The van der Waals surface area contributed by atoms with E-state index in [-0.39, 0.29) is 51.5 Å². The predicted molar refractivity (Wildman–Crippen MR) is 246 cm³/mol. The third kappa shape index (κ3) is 10.4. The highest BCUT2D eigenvalue weighted by molar-refractivity contribution is 6.23. The molecule has 6 aliphatic rings.